The highest BCUT2D eigenvalue weighted by molar-refractivity contribution is 6.31. The maximum absolute atomic E-state index is 14.2. The Hall–Kier alpha value is -2.79. The fourth-order valence-corrected chi connectivity index (χ4v) is 7.83. The van der Waals surface area contributed by atoms with Crippen molar-refractivity contribution in [1.29, 1.82) is 0 Å². The van der Waals surface area contributed by atoms with E-state index in [1.54, 1.807) is 12.1 Å². The first-order chi connectivity index (χ1) is 20.7. The predicted molar refractivity (Wildman–Crippen MR) is 153 cm³/mol. The van der Waals surface area contributed by atoms with Crippen LogP contribution in [0, 0.1) is 17.3 Å². The third kappa shape index (κ3) is 5.30. The molecule has 4 fully saturated rings. The molecule has 7 rings (SSSR count). The molecule has 4 heterocycles. The van der Waals surface area contributed by atoms with Crippen LogP contribution in [0.1, 0.15) is 92.9 Å². The average molecular weight is 618 g/mol. The second-order valence-corrected chi connectivity index (χ2v) is 13.6. The molecule has 0 radical (unpaired) electrons. The fourth-order valence-electron chi connectivity index (χ4n) is 7.57. The van der Waals surface area contributed by atoms with Crippen molar-refractivity contribution in [3.05, 3.63) is 39.7 Å². The number of hydrogen-bond acceptors (Lipinski definition) is 6. The molecule has 2 saturated heterocycles. The minimum absolute atomic E-state index is 0.0623. The molecule has 1 spiro atoms. The largest absolute Gasteiger partial charge is 0.487 e. The van der Waals surface area contributed by atoms with Gasteiger partial charge in [0, 0.05) is 42.6 Å². The Morgan fingerprint density at radius 3 is 2.70 bits per heavy atom. The molecule has 0 bridgehead atoms. The highest BCUT2D eigenvalue weighted by Gasteiger charge is 2.52. The molecular weight excluding hydrogens is 580 g/mol. The Bertz CT molecular complexity index is 1410. The van der Waals surface area contributed by atoms with Crippen LogP contribution in [-0.4, -0.2) is 69.5 Å². The van der Waals surface area contributed by atoms with Gasteiger partial charge in [-0.1, -0.05) is 36.6 Å². The van der Waals surface area contributed by atoms with Crippen LogP contribution >= 0.6 is 11.6 Å². The maximum Gasteiger partial charge on any atom is 0.282 e. The smallest absolute Gasteiger partial charge is 0.282 e. The summed E-state index contributed by atoms with van der Waals surface area (Å²) in [6.07, 6.45) is 4.49. The zero-order valence-corrected chi connectivity index (χ0v) is 25.2. The van der Waals surface area contributed by atoms with E-state index in [1.165, 1.54) is 4.68 Å². The van der Waals surface area contributed by atoms with Crippen LogP contribution in [0.15, 0.2) is 12.1 Å². The van der Waals surface area contributed by atoms with E-state index >= 15 is 0 Å². The van der Waals surface area contributed by atoms with Crippen molar-refractivity contribution < 1.29 is 27.8 Å². The van der Waals surface area contributed by atoms with Gasteiger partial charge >= 0.3 is 0 Å². The molecule has 9 nitrogen and oxygen atoms in total. The molecule has 0 N–H and O–H groups in total. The van der Waals surface area contributed by atoms with Gasteiger partial charge in [0.1, 0.15) is 29.8 Å². The quantitative estimate of drug-likeness (QED) is 0.400. The first-order valence-electron chi connectivity index (χ1n) is 15.6. The van der Waals surface area contributed by atoms with E-state index in [1.807, 2.05) is 9.80 Å². The van der Waals surface area contributed by atoms with Gasteiger partial charge in [-0.15, -0.1) is 5.10 Å². The lowest BCUT2D eigenvalue weighted by molar-refractivity contribution is -0.143. The van der Waals surface area contributed by atoms with Gasteiger partial charge in [0.2, 0.25) is 11.8 Å². The van der Waals surface area contributed by atoms with Gasteiger partial charge in [-0.25, -0.2) is 13.5 Å². The Kier molecular flexibility index (Phi) is 7.60. The lowest BCUT2D eigenvalue weighted by Crippen LogP contribution is -2.49. The van der Waals surface area contributed by atoms with E-state index in [-0.39, 0.29) is 53.1 Å². The number of fused-ring (bicyclic) bond motifs is 1. The van der Waals surface area contributed by atoms with Crippen molar-refractivity contribution in [1.82, 2.24) is 24.8 Å². The Morgan fingerprint density at radius 1 is 1.23 bits per heavy atom. The first-order valence-corrected chi connectivity index (χ1v) is 15.9. The molecule has 2 aromatic rings. The van der Waals surface area contributed by atoms with Gasteiger partial charge in [-0.2, -0.15) is 0 Å². The maximum atomic E-state index is 14.2. The number of nitrogens with zero attached hydrogens (tertiary/aromatic N) is 5. The number of alkyl halides is 2. The number of rotatable bonds is 8. The van der Waals surface area contributed by atoms with E-state index in [2.05, 4.69) is 17.2 Å². The third-order valence-electron chi connectivity index (χ3n) is 10.4. The van der Waals surface area contributed by atoms with Crippen LogP contribution in [-0.2, 0) is 27.4 Å². The van der Waals surface area contributed by atoms with Crippen molar-refractivity contribution in [2.24, 2.45) is 17.3 Å². The van der Waals surface area contributed by atoms with E-state index in [4.69, 9.17) is 21.1 Å². The van der Waals surface area contributed by atoms with E-state index in [9.17, 15) is 18.4 Å². The Morgan fingerprint density at radius 2 is 2.02 bits per heavy atom. The van der Waals surface area contributed by atoms with Crippen LogP contribution in [0.2, 0.25) is 5.02 Å². The normalized spacial score (nSPS) is 26.6. The fraction of sp³-hybridized carbons (Fsp3) is 0.677. The summed E-state index contributed by atoms with van der Waals surface area (Å²) < 4.78 is 41.0. The molecule has 1 aromatic heterocycles. The van der Waals surface area contributed by atoms with Crippen LogP contribution in [0.25, 0.3) is 0 Å². The van der Waals surface area contributed by atoms with E-state index in [0.717, 1.165) is 49.7 Å². The van der Waals surface area contributed by atoms with E-state index in [0.29, 0.717) is 56.5 Å². The highest BCUT2D eigenvalue weighted by atomic mass is 35.5. The lowest BCUT2D eigenvalue weighted by Gasteiger charge is -2.43. The van der Waals surface area contributed by atoms with Gasteiger partial charge in [0.15, 0.2) is 0 Å². The molecular formula is C31H38ClF2N5O4. The predicted octanol–water partition coefficient (Wildman–Crippen LogP) is 5.28. The van der Waals surface area contributed by atoms with E-state index < -0.39 is 12.5 Å². The molecule has 3 atom stereocenters. The summed E-state index contributed by atoms with van der Waals surface area (Å²) >= 11 is 6.75. The third-order valence-corrected chi connectivity index (χ3v) is 10.7. The van der Waals surface area contributed by atoms with Gasteiger partial charge in [0.05, 0.1) is 19.3 Å². The number of aromatic nitrogens is 3. The average Bonchev–Trinajstić information content (AvgIpc) is 3.45. The molecule has 1 aromatic carbocycles. The minimum atomic E-state index is -2.78. The molecule has 2 aliphatic carbocycles. The zero-order chi connectivity index (χ0) is 29.9. The van der Waals surface area contributed by atoms with Gasteiger partial charge in [-0.05, 0) is 61.1 Å². The Balaban J connectivity index is 1.22. The molecule has 2 saturated carbocycles. The van der Waals surface area contributed by atoms with Crippen molar-refractivity contribution >= 4 is 23.4 Å². The summed E-state index contributed by atoms with van der Waals surface area (Å²) in [5, 5.41) is 8.60. The second kappa shape index (κ2) is 11.3. The number of carbonyl (C=O) groups is 2. The standard InChI is InChI=1S/C31H38ClF2N5O4/c1-18-4-2-3-5-20(18)30(41)38-11-8-21-22(32)6-7-25(27(21)24(38)13-37-17-31(9-10-31)12-26(37)40)43-16-23-28(29(33)34)39(36-35-23)19-14-42-15-19/h6-7,18-20,24,29H,2-5,8-17H2,1H3/t18-,20+,24+/m0/s1. The molecule has 3 aliphatic heterocycles. The zero-order valence-electron chi connectivity index (χ0n) is 24.4. The summed E-state index contributed by atoms with van der Waals surface area (Å²) in [6, 6.07) is 2.78. The van der Waals surface area contributed by atoms with Crippen molar-refractivity contribution in [2.75, 3.05) is 32.8 Å². The number of ether oxygens (including phenoxy) is 2. The van der Waals surface area contributed by atoms with Gasteiger partial charge in [0.25, 0.3) is 6.43 Å². The summed E-state index contributed by atoms with van der Waals surface area (Å²) in [5.74, 6) is 0.925. The summed E-state index contributed by atoms with van der Waals surface area (Å²) in [7, 11) is 0. The van der Waals surface area contributed by atoms with Crippen LogP contribution < -0.4 is 4.74 Å². The molecule has 12 heteroatoms. The second-order valence-electron chi connectivity index (χ2n) is 13.2. The topological polar surface area (TPSA) is 89.8 Å². The number of carbonyl (C=O) groups excluding carboxylic acids is 2. The molecule has 5 aliphatic rings. The van der Waals surface area contributed by atoms with Gasteiger partial charge in [-0.3, -0.25) is 9.59 Å². The number of hydrogen-bond donors (Lipinski definition) is 0. The molecule has 43 heavy (non-hydrogen) atoms. The van der Waals surface area contributed by atoms with Crippen molar-refractivity contribution in [3.63, 3.8) is 0 Å². The number of benzene rings is 1. The van der Waals surface area contributed by atoms with Crippen LogP contribution in [0.4, 0.5) is 8.78 Å². The van der Waals surface area contributed by atoms with Crippen LogP contribution in [0.5, 0.6) is 5.75 Å². The number of halogens is 3. The summed E-state index contributed by atoms with van der Waals surface area (Å²) in [6.45, 7) is 4.13. The monoisotopic (exact) mass is 617 g/mol. The summed E-state index contributed by atoms with van der Waals surface area (Å²) in [4.78, 5) is 31.2. The Labute approximate surface area is 254 Å². The summed E-state index contributed by atoms with van der Waals surface area (Å²) in [5.41, 5.74) is 1.51. The van der Waals surface area contributed by atoms with Crippen molar-refractivity contribution in [2.45, 2.75) is 83.4 Å². The molecule has 2 amide bonds. The van der Waals surface area contributed by atoms with Crippen LogP contribution in [0.3, 0.4) is 0 Å². The highest BCUT2D eigenvalue weighted by Crippen LogP contribution is 2.54. The molecule has 0 unspecified atom stereocenters. The number of amides is 2. The van der Waals surface area contributed by atoms with Gasteiger partial charge < -0.3 is 19.3 Å². The lowest BCUT2D eigenvalue weighted by atomic mass is 9.78. The van der Waals surface area contributed by atoms with Crippen molar-refractivity contribution in [3.8, 4) is 5.75 Å². The molecule has 232 valence electrons. The SMILES string of the molecule is C[C@H]1CCCC[C@H]1C(=O)N1CCc2c(Cl)ccc(OCc3nnn(C4COC4)c3C(F)F)c2[C@H]1CN1CC2(CC2)CC1=O. The number of likely N-dealkylation sites (tertiary alicyclic amines) is 1. The first kappa shape index (κ1) is 29.0. The minimum Gasteiger partial charge on any atom is -0.487 e.